The van der Waals surface area contributed by atoms with Gasteiger partial charge in [-0.05, 0) is 49.6 Å². The van der Waals surface area contributed by atoms with Crippen molar-refractivity contribution in [2.75, 3.05) is 11.6 Å². The second-order valence-electron chi connectivity index (χ2n) is 5.75. The molecule has 2 atom stereocenters. The van der Waals surface area contributed by atoms with Crippen LogP contribution in [0, 0.1) is 17.2 Å². The van der Waals surface area contributed by atoms with E-state index in [2.05, 4.69) is 16.4 Å². The number of hydrogen-bond donors (Lipinski definition) is 1. The van der Waals surface area contributed by atoms with E-state index in [0.717, 1.165) is 0 Å². The quantitative estimate of drug-likeness (QED) is 0.816. The van der Waals surface area contributed by atoms with Crippen LogP contribution in [0.2, 0.25) is 5.02 Å². The highest BCUT2D eigenvalue weighted by Gasteiger charge is 2.40. The molecule has 2 aromatic rings. The number of thioether (sulfide) groups is 1. The van der Waals surface area contributed by atoms with E-state index in [4.69, 9.17) is 16.0 Å². The number of hydrogen-bond acceptors (Lipinski definition) is 5. The number of halogens is 1. The van der Waals surface area contributed by atoms with Gasteiger partial charge in [0.15, 0.2) is 0 Å². The molecule has 5 nitrogen and oxygen atoms in total. The van der Waals surface area contributed by atoms with Crippen LogP contribution in [0.4, 0.5) is 5.69 Å². The van der Waals surface area contributed by atoms with Gasteiger partial charge < -0.3 is 9.73 Å². The van der Waals surface area contributed by atoms with Gasteiger partial charge in [0.1, 0.15) is 10.8 Å². The third-order valence-corrected chi connectivity index (χ3v) is 5.11. The number of benzene rings is 1. The number of carbonyl (C=O) groups excluding carboxylic acids is 1. The van der Waals surface area contributed by atoms with Crippen LogP contribution in [0.25, 0.3) is 0 Å². The fourth-order valence-electron chi connectivity index (χ4n) is 2.97. The summed E-state index contributed by atoms with van der Waals surface area (Å²) in [4.78, 5) is 17.5. The lowest BCUT2D eigenvalue weighted by molar-refractivity contribution is -0.118. The predicted molar refractivity (Wildman–Crippen MR) is 104 cm³/mol. The van der Waals surface area contributed by atoms with Gasteiger partial charge in [0.25, 0.3) is 0 Å². The minimum Gasteiger partial charge on any atom is -0.469 e. The van der Waals surface area contributed by atoms with Gasteiger partial charge in [-0.15, -0.1) is 11.8 Å². The van der Waals surface area contributed by atoms with Crippen LogP contribution in [-0.2, 0) is 4.79 Å². The zero-order valence-electron chi connectivity index (χ0n) is 14.2. The van der Waals surface area contributed by atoms with E-state index in [1.807, 2.05) is 6.26 Å². The maximum Gasteiger partial charge on any atom is 0.234 e. The molecule has 1 aromatic heterocycles. The summed E-state index contributed by atoms with van der Waals surface area (Å²) in [5.41, 5.74) is 1.71. The van der Waals surface area contributed by atoms with Gasteiger partial charge >= 0.3 is 0 Å². The first-order valence-corrected chi connectivity index (χ1v) is 9.48. The normalized spacial score (nSPS) is 19.7. The maximum absolute atomic E-state index is 13.0. The summed E-state index contributed by atoms with van der Waals surface area (Å²) in [5.74, 6) is -0.828. The molecule has 7 heteroatoms. The van der Waals surface area contributed by atoms with Crippen molar-refractivity contribution >= 4 is 40.7 Å². The Kier molecular flexibility index (Phi) is 5.50. The highest BCUT2D eigenvalue weighted by Crippen LogP contribution is 2.41. The number of nitrogens with zero attached hydrogens (tertiary/aromatic N) is 2. The molecule has 0 spiro atoms. The number of furan rings is 1. The van der Waals surface area contributed by atoms with E-state index < -0.39 is 11.8 Å². The Morgan fingerprint density at radius 2 is 2.08 bits per heavy atom. The van der Waals surface area contributed by atoms with Gasteiger partial charge in [-0.3, -0.25) is 4.79 Å². The van der Waals surface area contributed by atoms with Crippen LogP contribution in [0.3, 0.4) is 0 Å². The van der Waals surface area contributed by atoms with Crippen molar-refractivity contribution in [1.29, 1.82) is 5.26 Å². The van der Waals surface area contributed by atoms with Gasteiger partial charge in [-0.1, -0.05) is 11.6 Å². The van der Waals surface area contributed by atoms with Crippen LogP contribution in [0.15, 0.2) is 62.7 Å². The van der Waals surface area contributed by atoms with Gasteiger partial charge in [-0.25, -0.2) is 4.99 Å². The monoisotopic (exact) mass is 385 g/mol. The molecule has 0 fully saturated rings. The average Bonchev–Trinajstić information content (AvgIpc) is 3.16. The summed E-state index contributed by atoms with van der Waals surface area (Å²) in [6, 6.07) is 12.6. The van der Waals surface area contributed by atoms with Gasteiger partial charge in [-0.2, -0.15) is 5.26 Å². The van der Waals surface area contributed by atoms with E-state index in [-0.39, 0.29) is 5.91 Å². The number of rotatable bonds is 4. The Hall–Kier alpha value is -2.49. The van der Waals surface area contributed by atoms with E-state index in [9.17, 15) is 10.1 Å². The van der Waals surface area contributed by atoms with Crippen LogP contribution in [0.1, 0.15) is 18.6 Å². The zero-order valence-corrected chi connectivity index (χ0v) is 15.8. The van der Waals surface area contributed by atoms with Crippen molar-refractivity contribution in [3.05, 3.63) is 64.0 Å². The van der Waals surface area contributed by atoms with Crippen LogP contribution in [-0.4, -0.2) is 17.9 Å². The molecule has 1 amide bonds. The largest absolute Gasteiger partial charge is 0.469 e. The molecule has 1 aliphatic rings. The topological polar surface area (TPSA) is 78.4 Å². The molecule has 3 rings (SSSR count). The molecule has 1 aliphatic heterocycles. The van der Waals surface area contributed by atoms with Crippen molar-refractivity contribution < 1.29 is 9.21 Å². The molecule has 2 heterocycles. The third kappa shape index (κ3) is 3.55. The first-order valence-electron chi connectivity index (χ1n) is 7.88. The number of carbonyl (C=O) groups is 1. The van der Waals surface area contributed by atoms with Crippen molar-refractivity contribution in [3.8, 4) is 6.07 Å². The summed E-state index contributed by atoms with van der Waals surface area (Å²) in [6.45, 7) is 1.80. The summed E-state index contributed by atoms with van der Waals surface area (Å²) < 4.78 is 5.55. The Morgan fingerprint density at radius 1 is 1.35 bits per heavy atom. The minimum absolute atomic E-state index is 0.247. The van der Waals surface area contributed by atoms with Gasteiger partial charge in [0.05, 0.1) is 29.7 Å². The molecule has 26 heavy (non-hydrogen) atoms. The lowest BCUT2D eigenvalue weighted by Gasteiger charge is -2.29. The van der Waals surface area contributed by atoms with E-state index in [1.165, 1.54) is 11.8 Å². The average molecular weight is 386 g/mol. The lowest BCUT2D eigenvalue weighted by atomic mass is 9.79. The van der Waals surface area contributed by atoms with Crippen molar-refractivity contribution in [1.82, 2.24) is 0 Å². The molecule has 1 aromatic carbocycles. The molecule has 0 aliphatic carbocycles. The van der Waals surface area contributed by atoms with Crippen molar-refractivity contribution in [2.24, 2.45) is 10.9 Å². The maximum atomic E-state index is 13.0. The Balaban J connectivity index is 1.99. The molecular weight excluding hydrogens is 370 g/mol. The highest BCUT2D eigenvalue weighted by molar-refractivity contribution is 8.02. The number of allylic oxidation sites excluding steroid dienone is 1. The summed E-state index contributed by atoms with van der Waals surface area (Å²) >= 11 is 7.28. The van der Waals surface area contributed by atoms with Crippen LogP contribution in [0.5, 0.6) is 0 Å². The second-order valence-corrected chi connectivity index (χ2v) is 6.99. The molecule has 1 unspecified atom stereocenters. The molecule has 0 saturated carbocycles. The number of aliphatic imine (C=N–C) groups is 1. The van der Waals surface area contributed by atoms with Crippen LogP contribution >= 0.6 is 23.4 Å². The summed E-state index contributed by atoms with van der Waals surface area (Å²) in [6.07, 6.45) is 3.40. The number of nitriles is 1. The SMILES string of the molecule is CSC1=C(C#N)[C@@H](c2ccco2)C(C(=O)Nc2ccc(Cl)cc2)C(C)=N1. The number of nitrogens with one attached hydrogen (secondary N) is 1. The van der Waals surface area contributed by atoms with E-state index in [0.29, 0.717) is 32.8 Å². The molecular formula is C19H16ClN3O2S. The summed E-state index contributed by atoms with van der Waals surface area (Å²) in [7, 11) is 0. The summed E-state index contributed by atoms with van der Waals surface area (Å²) in [5, 5.41) is 13.8. The lowest BCUT2D eigenvalue weighted by Crippen LogP contribution is -2.36. The highest BCUT2D eigenvalue weighted by atomic mass is 35.5. The smallest absolute Gasteiger partial charge is 0.234 e. The van der Waals surface area contributed by atoms with Crippen molar-refractivity contribution in [3.63, 3.8) is 0 Å². The van der Waals surface area contributed by atoms with Crippen molar-refractivity contribution in [2.45, 2.75) is 12.8 Å². The zero-order chi connectivity index (χ0) is 18.7. The first kappa shape index (κ1) is 18.3. The molecule has 132 valence electrons. The van der Waals surface area contributed by atoms with E-state index in [1.54, 1.807) is 49.6 Å². The third-order valence-electron chi connectivity index (χ3n) is 4.16. The Morgan fingerprint density at radius 3 is 2.65 bits per heavy atom. The number of anilines is 1. The molecule has 0 bridgehead atoms. The predicted octanol–water partition coefficient (Wildman–Crippen LogP) is 4.84. The van der Waals surface area contributed by atoms with Gasteiger partial charge in [0, 0.05) is 16.4 Å². The molecule has 0 saturated heterocycles. The standard InChI is InChI=1S/C19H16ClN3O2S/c1-11-16(18(24)23-13-7-5-12(20)6-8-13)17(15-4-3-9-25-15)14(10-21)19(22-11)26-2/h3-9,16-17H,1-2H3,(H,23,24)/t16?,17-/m0/s1. The number of amides is 1. The van der Waals surface area contributed by atoms with E-state index >= 15 is 0 Å². The molecule has 0 radical (unpaired) electrons. The Labute approximate surface area is 160 Å². The minimum atomic E-state index is -0.637. The fourth-order valence-corrected chi connectivity index (χ4v) is 3.73. The first-order chi connectivity index (χ1) is 12.5. The van der Waals surface area contributed by atoms with Crippen LogP contribution < -0.4 is 5.32 Å². The second kappa shape index (κ2) is 7.81. The fraction of sp³-hybridized carbons (Fsp3) is 0.211. The van der Waals surface area contributed by atoms with Gasteiger partial charge in [0.2, 0.25) is 5.91 Å². The molecule has 1 N–H and O–H groups in total. The Bertz CT molecular complexity index is 911.